The molecule has 5 aromatic carbocycles. The quantitative estimate of drug-likeness (QED) is 0.228. The summed E-state index contributed by atoms with van der Waals surface area (Å²) in [6.07, 6.45) is 0. The van der Waals surface area contributed by atoms with Crippen LogP contribution in [0.15, 0.2) is 133 Å². The van der Waals surface area contributed by atoms with Crippen LogP contribution >= 0.6 is 11.3 Å². The molecular weight excluding hydrogens is 496 g/mol. The van der Waals surface area contributed by atoms with E-state index in [0.29, 0.717) is 17.5 Å². The molecule has 0 fully saturated rings. The summed E-state index contributed by atoms with van der Waals surface area (Å²) in [6.45, 7) is 0. The van der Waals surface area contributed by atoms with Gasteiger partial charge in [0.05, 0.1) is 10.2 Å². The first kappa shape index (κ1) is 23.1. The molecule has 0 N–H and O–H groups in total. The van der Waals surface area contributed by atoms with Gasteiger partial charge in [0.15, 0.2) is 17.5 Å². The van der Waals surface area contributed by atoms with Crippen LogP contribution in [-0.2, 0) is 0 Å². The predicted molar refractivity (Wildman–Crippen MR) is 160 cm³/mol. The molecule has 0 atom stereocenters. The molecule has 0 saturated heterocycles. The van der Waals surface area contributed by atoms with Crippen LogP contribution in [0.2, 0.25) is 0 Å². The van der Waals surface area contributed by atoms with Crippen LogP contribution in [0.4, 0.5) is 0 Å². The summed E-state index contributed by atoms with van der Waals surface area (Å²) in [5.74, 6) is 1.97. The lowest BCUT2D eigenvalue weighted by Gasteiger charge is -2.09. The van der Waals surface area contributed by atoms with Gasteiger partial charge >= 0.3 is 0 Å². The first-order valence-corrected chi connectivity index (χ1v) is 13.6. The summed E-state index contributed by atoms with van der Waals surface area (Å²) in [6, 6.07) is 45.3. The highest BCUT2D eigenvalue weighted by Gasteiger charge is 2.13. The average molecular weight is 519 g/mol. The summed E-state index contributed by atoms with van der Waals surface area (Å²) in [5, 5.41) is 1.04. The Labute approximate surface area is 230 Å². The number of benzene rings is 5. The van der Waals surface area contributed by atoms with Gasteiger partial charge in [-0.15, -0.1) is 11.3 Å². The van der Waals surface area contributed by atoms with Crippen LogP contribution in [0.25, 0.3) is 66.1 Å². The fraction of sp³-hybridized carbons (Fsp3) is 0. The van der Waals surface area contributed by atoms with Crippen LogP contribution in [-0.4, -0.2) is 19.9 Å². The highest BCUT2D eigenvalue weighted by molar-refractivity contribution is 7.21. The SMILES string of the molecule is c1ccc(-c2nc(-c3ccccc3)nc(-c3ccc(-c4ccc5nc(-c6ccccc6)sc5c4)cc3)n2)cc1. The number of hydrogen-bond acceptors (Lipinski definition) is 5. The summed E-state index contributed by atoms with van der Waals surface area (Å²) in [5.41, 5.74) is 7.32. The van der Waals surface area contributed by atoms with E-state index in [1.165, 1.54) is 4.70 Å². The minimum Gasteiger partial charge on any atom is -0.236 e. The van der Waals surface area contributed by atoms with Crippen molar-refractivity contribution in [1.29, 1.82) is 0 Å². The van der Waals surface area contributed by atoms with Crippen molar-refractivity contribution in [2.24, 2.45) is 0 Å². The number of hydrogen-bond donors (Lipinski definition) is 0. The Morgan fingerprint density at radius 3 is 1.33 bits per heavy atom. The zero-order chi connectivity index (χ0) is 26.0. The molecule has 39 heavy (non-hydrogen) atoms. The van der Waals surface area contributed by atoms with Crippen molar-refractivity contribution in [1.82, 2.24) is 19.9 Å². The molecule has 0 aliphatic heterocycles. The zero-order valence-electron chi connectivity index (χ0n) is 20.9. The van der Waals surface area contributed by atoms with Gasteiger partial charge in [0.25, 0.3) is 0 Å². The number of nitrogens with zero attached hydrogens (tertiary/aromatic N) is 4. The lowest BCUT2D eigenvalue weighted by molar-refractivity contribution is 1.07. The van der Waals surface area contributed by atoms with Crippen molar-refractivity contribution in [2.45, 2.75) is 0 Å². The van der Waals surface area contributed by atoms with Crippen LogP contribution < -0.4 is 0 Å². The minimum absolute atomic E-state index is 0.652. The largest absolute Gasteiger partial charge is 0.236 e. The van der Waals surface area contributed by atoms with Gasteiger partial charge < -0.3 is 0 Å². The molecular formula is C34H22N4S. The van der Waals surface area contributed by atoms with Crippen molar-refractivity contribution >= 4 is 21.6 Å². The second-order valence-electron chi connectivity index (χ2n) is 9.18. The topological polar surface area (TPSA) is 51.6 Å². The second kappa shape index (κ2) is 10.0. The number of rotatable bonds is 5. The third-order valence-electron chi connectivity index (χ3n) is 6.58. The highest BCUT2D eigenvalue weighted by atomic mass is 32.1. The summed E-state index contributed by atoms with van der Waals surface area (Å²) < 4.78 is 1.17. The van der Waals surface area contributed by atoms with Gasteiger partial charge in [-0.1, -0.05) is 121 Å². The molecule has 0 unspecified atom stereocenters. The van der Waals surface area contributed by atoms with Crippen molar-refractivity contribution in [3.8, 4) is 55.9 Å². The minimum atomic E-state index is 0.652. The Bertz CT molecular complexity index is 1820. The maximum absolute atomic E-state index is 4.85. The molecule has 2 heterocycles. The Morgan fingerprint density at radius 2 is 0.795 bits per heavy atom. The van der Waals surface area contributed by atoms with Gasteiger partial charge in [-0.2, -0.15) is 0 Å². The molecule has 0 bridgehead atoms. The molecule has 0 aliphatic carbocycles. The van der Waals surface area contributed by atoms with E-state index in [0.717, 1.165) is 43.9 Å². The van der Waals surface area contributed by atoms with Crippen LogP contribution in [0.1, 0.15) is 0 Å². The van der Waals surface area contributed by atoms with E-state index in [4.69, 9.17) is 19.9 Å². The maximum Gasteiger partial charge on any atom is 0.164 e. The lowest BCUT2D eigenvalue weighted by Crippen LogP contribution is -2.00. The molecule has 0 amide bonds. The Balaban J connectivity index is 1.25. The molecule has 7 rings (SSSR count). The Hall–Kier alpha value is -5.00. The Morgan fingerprint density at radius 1 is 0.359 bits per heavy atom. The van der Waals surface area contributed by atoms with E-state index in [-0.39, 0.29) is 0 Å². The summed E-state index contributed by atoms with van der Waals surface area (Å²) in [7, 11) is 0. The fourth-order valence-electron chi connectivity index (χ4n) is 4.56. The molecule has 7 aromatic rings. The van der Waals surface area contributed by atoms with Crippen molar-refractivity contribution in [3.63, 3.8) is 0 Å². The van der Waals surface area contributed by atoms with E-state index in [9.17, 15) is 0 Å². The third-order valence-corrected chi connectivity index (χ3v) is 7.65. The zero-order valence-corrected chi connectivity index (χ0v) is 21.7. The number of fused-ring (bicyclic) bond motifs is 1. The molecule has 184 valence electrons. The Kier molecular flexibility index (Phi) is 5.96. The van der Waals surface area contributed by atoms with Gasteiger partial charge in [0.2, 0.25) is 0 Å². The van der Waals surface area contributed by atoms with Gasteiger partial charge in [0, 0.05) is 22.3 Å². The van der Waals surface area contributed by atoms with Crippen molar-refractivity contribution in [3.05, 3.63) is 133 Å². The predicted octanol–water partition coefficient (Wildman–Crippen LogP) is 8.82. The van der Waals surface area contributed by atoms with Crippen LogP contribution in [0, 0.1) is 0 Å². The van der Waals surface area contributed by atoms with Crippen molar-refractivity contribution in [2.75, 3.05) is 0 Å². The van der Waals surface area contributed by atoms with Gasteiger partial charge in [0.1, 0.15) is 5.01 Å². The molecule has 2 aromatic heterocycles. The molecule has 5 heteroatoms. The summed E-state index contributed by atoms with van der Waals surface area (Å²) >= 11 is 1.72. The maximum atomic E-state index is 4.85. The van der Waals surface area contributed by atoms with E-state index < -0.39 is 0 Å². The van der Waals surface area contributed by atoms with Crippen LogP contribution in [0.3, 0.4) is 0 Å². The molecule has 0 spiro atoms. The highest BCUT2D eigenvalue weighted by Crippen LogP contribution is 2.34. The molecule has 0 saturated carbocycles. The fourth-order valence-corrected chi connectivity index (χ4v) is 5.57. The first-order valence-electron chi connectivity index (χ1n) is 12.7. The summed E-state index contributed by atoms with van der Waals surface area (Å²) in [4.78, 5) is 19.3. The smallest absolute Gasteiger partial charge is 0.164 e. The number of thiazole rings is 1. The van der Waals surface area contributed by atoms with Crippen LogP contribution in [0.5, 0.6) is 0 Å². The van der Waals surface area contributed by atoms with Gasteiger partial charge in [-0.05, 0) is 23.3 Å². The van der Waals surface area contributed by atoms with E-state index in [2.05, 4.69) is 54.6 Å². The second-order valence-corrected chi connectivity index (χ2v) is 10.2. The van der Waals surface area contributed by atoms with Gasteiger partial charge in [-0.25, -0.2) is 19.9 Å². The van der Waals surface area contributed by atoms with E-state index in [1.807, 2.05) is 78.9 Å². The van der Waals surface area contributed by atoms with Gasteiger partial charge in [-0.3, -0.25) is 0 Å². The first-order chi connectivity index (χ1) is 19.3. The molecule has 0 radical (unpaired) electrons. The monoisotopic (exact) mass is 518 g/mol. The molecule has 4 nitrogen and oxygen atoms in total. The van der Waals surface area contributed by atoms with E-state index in [1.54, 1.807) is 11.3 Å². The number of aromatic nitrogens is 4. The van der Waals surface area contributed by atoms with E-state index >= 15 is 0 Å². The third kappa shape index (κ3) is 4.72. The average Bonchev–Trinajstić information content (AvgIpc) is 3.46. The van der Waals surface area contributed by atoms with Crippen molar-refractivity contribution < 1.29 is 0 Å². The standard InChI is InChI=1S/C34H22N4S/c1-4-10-24(11-5-1)31-36-32(25-12-6-2-7-13-25)38-33(37-31)26-18-16-23(17-19-26)28-20-21-29-30(22-28)39-34(35-29)27-14-8-3-9-15-27/h1-22H. The normalized spacial score (nSPS) is 11.1. The lowest BCUT2D eigenvalue weighted by atomic mass is 10.0. The molecule has 0 aliphatic rings.